The van der Waals surface area contributed by atoms with Crippen molar-refractivity contribution in [1.29, 1.82) is 0 Å². The van der Waals surface area contributed by atoms with Gasteiger partial charge < -0.3 is 5.32 Å². The minimum absolute atomic E-state index is 0.00149. The number of nitrogens with one attached hydrogen (secondary N) is 2. The molecule has 0 radical (unpaired) electrons. The van der Waals surface area contributed by atoms with Crippen molar-refractivity contribution in [2.75, 3.05) is 18.9 Å². The summed E-state index contributed by atoms with van der Waals surface area (Å²) in [5.74, 6) is 1.06. The Kier molecular flexibility index (Phi) is 4.53. The first-order chi connectivity index (χ1) is 9.95. The summed E-state index contributed by atoms with van der Waals surface area (Å²) in [4.78, 5) is 8.10. The van der Waals surface area contributed by atoms with Crippen LogP contribution in [-0.2, 0) is 16.6 Å². The maximum Gasteiger partial charge on any atom is 0.262 e. The minimum atomic E-state index is -3.71. The number of hydrogen-bond acceptors (Lipinski definition) is 6. The summed E-state index contributed by atoms with van der Waals surface area (Å²) < 4.78 is 26.4. The fourth-order valence-corrected chi connectivity index (χ4v) is 3.01. The molecule has 0 saturated heterocycles. The second-order valence-corrected chi connectivity index (χ2v) is 6.44. The third kappa shape index (κ3) is 3.37. The van der Waals surface area contributed by atoms with Crippen LogP contribution in [0.2, 0.25) is 0 Å². The Hall–Kier alpha value is -2.00. The summed E-state index contributed by atoms with van der Waals surface area (Å²) in [6.07, 6.45) is 1.46. The molecule has 114 valence electrons. The molecule has 2 N–H and O–H groups in total. The number of aryl methyl sites for hydroxylation is 1. The van der Waals surface area contributed by atoms with Gasteiger partial charge >= 0.3 is 0 Å². The maximum atomic E-state index is 12.6. The van der Waals surface area contributed by atoms with E-state index in [1.807, 2.05) is 6.92 Å². The number of H-pyrrole nitrogens is 1. The van der Waals surface area contributed by atoms with Gasteiger partial charge in [0.1, 0.15) is 5.82 Å². The molecule has 9 heteroatoms. The van der Waals surface area contributed by atoms with Gasteiger partial charge in [-0.1, -0.05) is 0 Å². The lowest BCUT2D eigenvalue weighted by Gasteiger charge is -2.17. The first-order valence-corrected chi connectivity index (χ1v) is 7.92. The molecule has 21 heavy (non-hydrogen) atoms. The number of hydrogen-bond donors (Lipinski definition) is 2. The van der Waals surface area contributed by atoms with Gasteiger partial charge in [-0.25, -0.2) is 18.4 Å². The zero-order valence-corrected chi connectivity index (χ0v) is 13.0. The lowest BCUT2D eigenvalue weighted by atomic mass is 10.4. The number of sulfonamides is 1. The van der Waals surface area contributed by atoms with Crippen molar-refractivity contribution in [3.8, 4) is 0 Å². The summed E-state index contributed by atoms with van der Waals surface area (Å²) in [6.45, 7) is 4.34. The molecule has 0 unspecified atom stereocenters. The number of aromatic amines is 1. The van der Waals surface area contributed by atoms with E-state index in [1.165, 1.54) is 17.5 Å². The van der Waals surface area contributed by atoms with E-state index in [4.69, 9.17) is 0 Å². The van der Waals surface area contributed by atoms with Gasteiger partial charge in [0, 0.05) is 19.8 Å². The molecule has 0 bridgehead atoms. The molecule has 2 aromatic heterocycles. The van der Waals surface area contributed by atoms with Crippen molar-refractivity contribution in [1.82, 2.24) is 24.5 Å². The van der Waals surface area contributed by atoms with Crippen LogP contribution in [0.1, 0.15) is 18.6 Å². The van der Waals surface area contributed by atoms with Crippen LogP contribution in [-0.4, -0.2) is 46.5 Å². The average molecular weight is 310 g/mol. The third-order valence-electron chi connectivity index (χ3n) is 2.80. The highest BCUT2D eigenvalue weighted by Gasteiger charge is 2.26. The van der Waals surface area contributed by atoms with Gasteiger partial charge in [-0.2, -0.15) is 9.40 Å². The molecule has 0 aromatic carbocycles. The zero-order chi connectivity index (χ0) is 15.5. The standard InChI is InChI=1S/C12H18N6O2S/c1-4-13-10-6-5-7-14-12(10)21(19,20)18(3)8-11-15-9(2)16-17-11/h5-7,13H,4,8H2,1-3H3,(H,15,16,17). The van der Waals surface area contributed by atoms with E-state index in [-0.39, 0.29) is 11.6 Å². The van der Waals surface area contributed by atoms with Crippen LogP contribution in [0, 0.1) is 6.92 Å². The Morgan fingerprint density at radius 2 is 2.19 bits per heavy atom. The Balaban J connectivity index is 2.28. The van der Waals surface area contributed by atoms with E-state index in [9.17, 15) is 8.42 Å². The van der Waals surface area contributed by atoms with Crippen molar-refractivity contribution in [3.05, 3.63) is 30.0 Å². The zero-order valence-electron chi connectivity index (χ0n) is 12.2. The van der Waals surface area contributed by atoms with E-state index in [0.29, 0.717) is 23.9 Å². The molecule has 0 aliphatic carbocycles. The Morgan fingerprint density at radius 1 is 1.43 bits per heavy atom. The summed E-state index contributed by atoms with van der Waals surface area (Å²) in [6, 6.07) is 3.38. The van der Waals surface area contributed by atoms with Crippen LogP contribution in [0.25, 0.3) is 0 Å². The predicted molar refractivity (Wildman–Crippen MR) is 78.2 cm³/mol. The van der Waals surface area contributed by atoms with Crippen LogP contribution in [0.3, 0.4) is 0 Å². The van der Waals surface area contributed by atoms with Crippen molar-refractivity contribution in [3.63, 3.8) is 0 Å². The first-order valence-electron chi connectivity index (χ1n) is 6.48. The highest BCUT2D eigenvalue weighted by Crippen LogP contribution is 2.21. The third-order valence-corrected chi connectivity index (χ3v) is 4.56. The van der Waals surface area contributed by atoms with Gasteiger partial charge in [0.2, 0.25) is 0 Å². The second kappa shape index (κ2) is 6.19. The molecule has 0 amide bonds. The van der Waals surface area contributed by atoms with E-state index in [0.717, 1.165) is 0 Å². The Labute approximate surface area is 123 Å². The lowest BCUT2D eigenvalue weighted by molar-refractivity contribution is 0.455. The lowest BCUT2D eigenvalue weighted by Crippen LogP contribution is -2.28. The predicted octanol–water partition coefficient (Wildman–Crippen LogP) is 0.761. The largest absolute Gasteiger partial charge is 0.383 e. The number of pyridine rings is 1. The van der Waals surface area contributed by atoms with Crippen LogP contribution >= 0.6 is 0 Å². The molecule has 2 aromatic rings. The van der Waals surface area contributed by atoms with Crippen LogP contribution < -0.4 is 5.32 Å². The first kappa shape index (κ1) is 15.4. The molecule has 0 saturated carbocycles. The topological polar surface area (TPSA) is 104 Å². The quantitative estimate of drug-likeness (QED) is 0.816. The van der Waals surface area contributed by atoms with Crippen LogP contribution in [0.5, 0.6) is 0 Å². The molecule has 2 rings (SSSR count). The van der Waals surface area contributed by atoms with E-state index in [2.05, 4.69) is 25.5 Å². The smallest absolute Gasteiger partial charge is 0.262 e. The van der Waals surface area contributed by atoms with Crippen molar-refractivity contribution < 1.29 is 8.42 Å². The maximum absolute atomic E-state index is 12.6. The molecule has 0 aliphatic heterocycles. The molecule has 0 aliphatic rings. The normalized spacial score (nSPS) is 11.8. The van der Waals surface area contributed by atoms with Gasteiger partial charge in [0.05, 0.1) is 12.2 Å². The number of aromatic nitrogens is 4. The molecule has 8 nitrogen and oxygen atoms in total. The summed E-state index contributed by atoms with van der Waals surface area (Å²) in [7, 11) is -2.24. The average Bonchev–Trinajstić information content (AvgIpc) is 2.85. The van der Waals surface area contributed by atoms with Gasteiger partial charge in [0.25, 0.3) is 10.0 Å². The highest BCUT2D eigenvalue weighted by atomic mass is 32.2. The van der Waals surface area contributed by atoms with Crippen LogP contribution in [0.4, 0.5) is 5.69 Å². The van der Waals surface area contributed by atoms with Gasteiger partial charge in [-0.05, 0) is 26.0 Å². The monoisotopic (exact) mass is 310 g/mol. The summed E-state index contributed by atoms with van der Waals surface area (Å²) in [5, 5.41) is 9.63. The van der Waals surface area contributed by atoms with Crippen molar-refractivity contribution in [2.24, 2.45) is 0 Å². The molecule has 0 fully saturated rings. The van der Waals surface area contributed by atoms with E-state index >= 15 is 0 Å². The molecular formula is C12H18N6O2S. The Bertz CT molecular complexity index is 712. The minimum Gasteiger partial charge on any atom is -0.383 e. The van der Waals surface area contributed by atoms with Crippen LogP contribution in [0.15, 0.2) is 23.4 Å². The van der Waals surface area contributed by atoms with Gasteiger partial charge in [0.15, 0.2) is 10.9 Å². The summed E-state index contributed by atoms with van der Waals surface area (Å²) in [5.41, 5.74) is 0.484. The molecule has 2 heterocycles. The molecular weight excluding hydrogens is 292 g/mol. The fourth-order valence-electron chi connectivity index (χ4n) is 1.81. The Morgan fingerprint density at radius 3 is 2.81 bits per heavy atom. The molecule has 0 spiro atoms. The van der Waals surface area contributed by atoms with E-state index in [1.54, 1.807) is 19.1 Å². The molecule has 0 atom stereocenters. The second-order valence-electron chi connectivity index (χ2n) is 4.48. The van der Waals surface area contributed by atoms with Gasteiger partial charge in [-0.15, -0.1) is 0 Å². The number of nitrogens with zero attached hydrogens (tertiary/aromatic N) is 4. The van der Waals surface area contributed by atoms with Crippen molar-refractivity contribution >= 4 is 15.7 Å². The SMILES string of the molecule is CCNc1cccnc1S(=O)(=O)N(C)Cc1n[nH]c(C)n1. The highest BCUT2D eigenvalue weighted by molar-refractivity contribution is 7.89. The number of rotatable bonds is 6. The fraction of sp³-hybridized carbons (Fsp3) is 0.417. The summed E-state index contributed by atoms with van der Waals surface area (Å²) >= 11 is 0. The van der Waals surface area contributed by atoms with Gasteiger partial charge in [-0.3, -0.25) is 5.10 Å². The number of anilines is 1. The van der Waals surface area contributed by atoms with Crippen molar-refractivity contribution in [2.45, 2.75) is 25.4 Å². The van der Waals surface area contributed by atoms with E-state index < -0.39 is 10.0 Å².